The molecular weight excluding hydrogens is 361 g/mol. The van der Waals surface area contributed by atoms with Gasteiger partial charge in [-0.1, -0.05) is 23.2 Å². The Morgan fingerprint density at radius 3 is 2.72 bits per heavy atom. The van der Waals surface area contributed by atoms with Gasteiger partial charge in [0.1, 0.15) is 5.75 Å². The fourth-order valence-corrected chi connectivity index (χ4v) is 4.54. The van der Waals surface area contributed by atoms with Crippen LogP contribution in [0.25, 0.3) is 0 Å². The van der Waals surface area contributed by atoms with E-state index in [1.807, 2.05) is 4.90 Å². The lowest BCUT2D eigenvalue weighted by atomic mass is 9.89. The number of rotatable bonds is 3. The number of benzene rings is 1. The molecule has 1 saturated heterocycles. The van der Waals surface area contributed by atoms with Gasteiger partial charge in [0.2, 0.25) is 5.91 Å². The molecule has 1 aromatic heterocycles. The van der Waals surface area contributed by atoms with E-state index in [9.17, 15) is 9.90 Å². The molecule has 1 aliphatic carbocycles. The fourth-order valence-electron chi connectivity index (χ4n) is 3.94. The number of hydrogen-bond acceptors (Lipinski definition) is 3. The third-order valence-electron chi connectivity index (χ3n) is 5.22. The first-order valence-corrected chi connectivity index (χ1v) is 9.30. The molecule has 1 unspecified atom stereocenters. The van der Waals surface area contributed by atoms with Crippen molar-refractivity contribution in [3.8, 4) is 5.75 Å². The number of aromatic hydroxyl groups is 1. The number of aryl methyl sites for hydroxylation is 1. The molecular formula is C18H19Cl2N3O2. The summed E-state index contributed by atoms with van der Waals surface area (Å²) < 4.78 is 0. The number of fused-ring (bicyclic) bond motifs is 1. The molecule has 1 amide bonds. The third-order valence-corrected chi connectivity index (χ3v) is 5.90. The molecule has 0 bridgehead atoms. The van der Waals surface area contributed by atoms with Gasteiger partial charge < -0.3 is 10.0 Å². The Morgan fingerprint density at radius 1 is 1.28 bits per heavy atom. The predicted octanol–water partition coefficient (Wildman–Crippen LogP) is 3.49. The van der Waals surface area contributed by atoms with Crippen molar-refractivity contribution in [2.45, 2.75) is 44.6 Å². The van der Waals surface area contributed by atoms with Crippen molar-refractivity contribution in [2.24, 2.45) is 0 Å². The first-order chi connectivity index (χ1) is 12.0. The highest BCUT2D eigenvalue weighted by Gasteiger charge is 2.32. The van der Waals surface area contributed by atoms with Crippen LogP contribution in [0.2, 0.25) is 10.0 Å². The maximum Gasteiger partial charge on any atom is 0.222 e. The number of nitrogens with one attached hydrogen (secondary N) is 1. The lowest BCUT2D eigenvalue weighted by Gasteiger charge is -2.31. The summed E-state index contributed by atoms with van der Waals surface area (Å²) in [5.41, 5.74) is 4.01. The summed E-state index contributed by atoms with van der Waals surface area (Å²) >= 11 is 12.5. The summed E-state index contributed by atoms with van der Waals surface area (Å²) in [6.07, 6.45) is 4.81. The van der Waals surface area contributed by atoms with Crippen molar-refractivity contribution >= 4 is 29.1 Å². The van der Waals surface area contributed by atoms with Gasteiger partial charge in [-0.05, 0) is 48.9 Å². The van der Waals surface area contributed by atoms with Crippen molar-refractivity contribution in [2.75, 3.05) is 6.54 Å². The first kappa shape index (κ1) is 16.7. The molecule has 0 spiro atoms. The molecule has 2 aliphatic rings. The van der Waals surface area contributed by atoms with E-state index in [1.165, 1.54) is 17.7 Å². The highest BCUT2D eigenvalue weighted by Crippen LogP contribution is 2.34. The molecule has 132 valence electrons. The van der Waals surface area contributed by atoms with Crippen LogP contribution in [0.4, 0.5) is 0 Å². The summed E-state index contributed by atoms with van der Waals surface area (Å²) in [7, 11) is 0. The number of likely N-dealkylation sites (tertiary alicyclic amines) is 1. The molecule has 7 heteroatoms. The molecule has 1 atom stereocenters. The number of carbonyl (C=O) groups excluding carboxylic acids is 1. The van der Waals surface area contributed by atoms with Crippen LogP contribution in [-0.2, 0) is 24.1 Å². The number of phenolic OH excluding ortho intramolecular Hbond substituents is 1. The number of H-pyrrole nitrogens is 1. The average molecular weight is 380 g/mol. The SMILES string of the molecule is O=C1CCCN1C1CCc2n[nH]c(Cc3c(Cl)cc(O)cc3Cl)c2C1. The lowest BCUT2D eigenvalue weighted by molar-refractivity contribution is -0.129. The summed E-state index contributed by atoms with van der Waals surface area (Å²) in [4.78, 5) is 14.1. The molecule has 0 radical (unpaired) electrons. The average Bonchev–Trinajstić information content (AvgIpc) is 3.16. The Labute approximate surface area is 155 Å². The van der Waals surface area contributed by atoms with E-state index in [2.05, 4.69) is 10.2 Å². The lowest BCUT2D eigenvalue weighted by Crippen LogP contribution is -2.40. The van der Waals surface area contributed by atoms with Crippen molar-refractivity contribution in [3.63, 3.8) is 0 Å². The zero-order valence-corrected chi connectivity index (χ0v) is 15.2. The Kier molecular flexibility index (Phi) is 4.38. The highest BCUT2D eigenvalue weighted by molar-refractivity contribution is 6.36. The van der Waals surface area contributed by atoms with Crippen molar-refractivity contribution < 1.29 is 9.90 Å². The number of aromatic amines is 1. The van der Waals surface area contributed by atoms with Crippen molar-refractivity contribution in [1.29, 1.82) is 0 Å². The Morgan fingerprint density at radius 2 is 2.04 bits per heavy atom. The molecule has 1 fully saturated rings. The molecule has 2 heterocycles. The largest absolute Gasteiger partial charge is 0.508 e. The van der Waals surface area contributed by atoms with Crippen LogP contribution < -0.4 is 0 Å². The van der Waals surface area contributed by atoms with Crippen molar-refractivity contribution in [3.05, 3.63) is 44.7 Å². The van der Waals surface area contributed by atoms with Gasteiger partial charge in [-0.25, -0.2) is 0 Å². The van der Waals surface area contributed by atoms with E-state index in [-0.39, 0.29) is 17.7 Å². The zero-order valence-electron chi connectivity index (χ0n) is 13.7. The Hall–Kier alpha value is -1.72. The van der Waals surface area contributed by atoms with Gasteiger partial charge >= 0.3 is 0 Å². The van der Waals surface area contributed by atoms with Crippen LogP contribution >= 0.6 is 23.2 Å². The van der Waals surface area contributed by atoms with Crippen LogP contribution in [0.5, 0.6) is 5.75 Å². The highest BCUT2D eigenvalue weighted by atomic mass is 35.5. The molecule has 4 rings (SSSR count). The predicted molar refractivity (Wildman–Crippen MR) is 96.3 cm³/mol. The second kappa shape index (κ2) is 6.54. The van der Waals surface area contributed by atoms with Crippen molar-refractivity contribution in [1.82, 2.24) is 15.1 Å². The smallest absolute Gasteiger partial charge is 0.222 e. The van der Waals surface area contributed by atoms with Crippen LogP contribution in [0.15, 0.2) is 12.1 Å². The van der Waals surface area contributed by atoms with Gasteiger partial charge in [0.15, 0.2) is 0 Å². The van der Waals surface area contributed by atoms with E-state index in [0.717, 1.165) is 49.2 Å². The minimum atomic E-state index is 0.0537. The quantitative estimate of drug-likeness (QED) is 0.857. The van der Waals surface area contributed by atoms with E-state index < -0.39 is 0 Å². The van der Waals surface area contributed by atoms with Crippen LogP contribution in [0.1, 0.15) is 41.8 Å². The standard InChI is InChI=1S/C18H19Cl2N3O2/c19-14-7-11(24)8-15(20)12(14)9-17-13-6-10(3-4-16(13)21-22-17)23-5-1-2-18(23)25/h7-8,10,24H,1-6,9H2,(H,21,22). The van der Waals surface area contributed by atoms with Gasteiger partial charge in [-0.15, -0.1) is 0 Å². The maximum atomic E-state index is 12.1. The molecule has 1 aliphatic heterocycles. The molecule has 2 N–H and O–H groups in total. The Bertz CT molecular complexity index is 811. The molecule has 2 aromatic rings. The van der Waals surface area contributed by atoms with Gasteiger partial charge in [-0.3, -0.25) is 9.89 Å². The number of halogens is 2. The number of hydrogen-bond donors (Lipinski definition) is 2. The fraction of sp³-hybridized carbons (Fsp3) is 0.444. The maximum absolute atomic E-state index is 12.1. The first-order valence-electron chi connectivity index (χ1n) is 8.54. The summed E-state index contributed by atoms with van der Waals surface area (Å²) in [6, 6.07) is 3.25. The van der Waals surface area contributed by atoms with Gasteiger partial charge in [0, 0.05) is 41.2 Å². The van der Waals surface area contributed by atoms with E-state index in [0.29, 0.717) is 22.9 Å². The number of carbonyl (C=O) groups is 1. The molecule has 5 nitrogen and oxygen atoms in total. The summed E-state index contributed by atoms with van der Waals surface area (Å²) in [6.45, 7) is 0.863. The van der Waals surface area contributed by atoms with E-state index in [4.69, 9.17) is 23.2 Å². The van der Waals surface area contributed by atoms with E-state index in [1.54, 1.807) is 0 Å². The van der Waals surface area contributed by atoms with Gasteiger partial charge in [0.05, 0.1) is 5.69 Å². The minimum Gasteiger partial charge on any atom is -0.508 e. The normalized spacial score (nSPS) is 20.2. The van der Waals surface area contributed by atoms with Crippen LogP contribution in [0, 0.1) is 0 Å². The molecule has 1 aromatic carbocycles. The second-order valence-electron chi connectivity index (χ2n) is 6.78. The van der Waals surface area contributed by atoms with Gasteiger partial charge in [-0.2, -0.15) is 5.10 Å². The zero-order chi connectivity index (χ0) is 17.6. The summed E-state index contributed by atoms with van der Waals surface area (Å²) in [5, 5.41) is 18.0. The number of aromatic nitrogens is 2. The number of phenols is 1. The van der Waals surface area contributed by atoms with Crippen LogP contribution in [0.3, 0.4) is 0 Å². The minimum absolute atomic E-state index is 0.0537. The third kappa shape index (κ3) is 3.11. The number of amides is 1. The molecule has 0 saturated carbocycles. The summed E-state index contributed by atoms with van der Waals surface area (Å²) in [5.74, 6) is 0.320. The molecule has 25 heavy (non-hydrogen) atoms. The topological polar surface area (TPSA) is 69.2 Å². The monoisotopic (exact) mass is 379 g/mol. The number of nitrogens with zero attached hydrogens (tertiary/aromatic N) is 2. The van der Waals surface area contributed by atoms with Gasteiger partial charge in [0.25, 0.3) is 0 Å². The second-order valence-corrected chi connectivity index (χ2v) is 7.59. The van der Waals surface area contributed by atoms with Crippen LogP contribution in [-0.4, -0.2) is 38.7 Å². The Balaban J connectivity index is 1.60. The van der Waals surface area contributed by atoms with E-state index >= 15 is 0 Å².